The van der Waals surface area contributed by atoms with Crippen molar-refractivity contribution in [1.29, 1.82) is 0 Å². The van der Waals surface area contributed by atoms with Crippen LogP contribution in [0.1, 0.15) is 10.4 Å². The topological polar surface area (TPSA) is 71.5 Å². The van der Waals surface area contributed by atoms with Gasteiger partial charge in [0.1, 0.15) is 24.3 Å². The van der Waals surface area contributed by atoms with Crippen LogP contribution in [0.25, 0.3) is 0 Å². The lowest BCUT2D eigenvalue weighted by Gasteiger charge is -2.36. The molecule has 0 unspecified atom stereocenters. The summed E-state index contributed by atoms with van der Waals surface area (Å²) in [4.78, 5) is 16.8. The Kier molecular flexibility index (Phi) is 9.43. The number of carbonyl (C=O) groups excluding carboxylic acids is 1. The van der Waals surface area contributed by atoms with Crippen LogP contribution in [0.3, 0.4) is 0 Å². The van der Waals surface area contributed by atoms with Crippen LogP contribution >= 0.6 is 0 Å². The number of hydrogen-bond acceptors (Lipinski definition) is 6. The lowest BCUT2D eigenvalue weighted by atomic mass is 10.1. The predicted molar refractivity (Wildman–Crippen MR) is 118 cm³/mol. The van der Waals surface area contributed by atoms with E-state index in [-0.39, 0.29) is 24.4 Å². The van der Waals surface area contributed by atoms with E-state index in [1.807, 2.05) is 18.2 Å². The van der Waals surface area contributed by atoms with E-state index in [4.69, 9.17) is 14.2 Å². The zero-order valence-electron chi connectivity index (χ0n) is 18.4. The number of aliphatic hydroxyl groups is 1. The largest absolute Gasteiger partial charge is 0.491 e. The number of methoxy groups -OCH3 is 1. The van der Waals surface area contributed by atoms with Gasteiger partial charge in [-0.15, -0.1) is 0 Å². The normalized spacial score (nSPS) is 17.7. The van der Waals surface area contributed by atoms with Crippen LogP contribution in [0.2, 0.25) is 0 Å². The lowest BCUT2D eigenvalue weighted by molar-refractivity contribution is -0.0546. The molecule has 8 heteroatoms. The highest BCUT2D eigenvalue weighted by molar-refractivity contribution is 5.94. The van der Waals surface area contributed by atoms with Gasteiger partial charge < -0.3 is 24.2 Å². The number of benzene rings is 2. The third kappa shape index (κ3) is 7.56. The number of β-amino-alcohol motifs (C(OH)–C–C–N with tert-alkyl or cyclic N) is 1. The van der Waals surface area contributed by atoms with Crippen molar-refractivity contribution >= 4 is 5.91 Å². The molecule has 0 aromatic heterocycles. The van der Waals surface area contributed by atoms with E-state index in [1.54, 1.807) is 24.1 Å². The molecule has 2 aromatic rings. The molecular weight excluding hydrogens is 415 g/mol. The zero-order valence-corrected chi connectivity index (χ0v) is 18.4. The molecular formula is C24H31FN2O5. The molecule has 1 amide bonds. The monoisotopic (exact) mass is 446 g/mol. The van der Waals surface area contributed by atoms with E-state index in [2.05, 4.69) is 4.90 Å². The summed E-state index contributed by atoms with van der Waals surface area (Å²) in [6.45, 7) is 3.69. The van der Waals surface area contributed by atoms with Gasteiger partial charge in [-0.2, -0.15) is 0 Å². The molecule has 2 aromatic carbocycles. The Labute approximate surface area is 188 Å². The van der Waals surface area contributed by atoms with Crippen molar-refractivity contribution in [3.8, 4) is 5.75 Å². The fraction of sp³-hybridized carbons (Fsp3) is 0.458. The summed E-state index contributed by atoms with van der Waals surface area (Å²) in [6, 6.07) is 14.9. The van der Waals surface area contributed by atoms with Crippen molar-refractivity contribution in [2.75, 3.05) is 59.7 Å². The maximum atomic E-state index is 13.0. The second-order valence-corrected chi connectivity index (χ2v) is 7.78. The van der Waals surface area contributed by atoms with E-state index in [0.717, 1.165) is 0 Å². The molecule has 1 aliphatic rings. The number of halogens is 1. The summed E-state index contributed by atoms with van der Waals surface area (Å²) in [6.07, 6.45) is -0.868. The molecule has 0 aliphatic carbocycles. The zero-order chi connectivity index (χ0) is 22.8. The average molecular weight is 447 g/mol. The summed E-state index contributed by atoms with van der Waals surface area (Å²) in [5.41, 5.74) is 0.629. The van der Waals surface area contributed by atoms with Crippen molar-refractivity contribution < 1.29 is 28.5 Å². The van der Waals surface area contributed by atoms with Gasteiger partial charge in [-0.25, -0.2) is 4.39 Å². The molecule has 2 atom stereocenters. The van der Waals surface area contributed by atoms with Crippen LogP contribution in [-0.4, -0.2) is 92.7 Å². The Bertz CT molecular complexity index is 821. The van der Waals surface area contributed by atoms with Crippen molar-refractivity contribution in [1.82, 2.24) is 9.80 Å². The van der Waals surface area contributed by atoms with Gasteiger partial charge in [-0.1, -0.05) is 18.2 Å². The minimum absolute atomic E-state index is 0.0592. The van der Waals surface area contributed by atoms with Crippen LogP contribution in [0.15, 0.2) is 54.6 Å². The van der Waals surface area contributed by atoms with Gasteiger partial charge in [-0.05, 0) is 36.4 Å². The van der Waals surface area contributed by atoms with Crippen molar-refractivity contribution in [2.24, 2.45) is 0 Å². The minimum atomic E-state index is -0.700. The summed E-state index contributed by atoms with van der Waals surface area (Å²) in [5, 5.41) is 10.4. The van der Waals surface area contributed by atoms with Crippen LogP contribution in [0.5, 0.6) is 5.75 Å². The van der Waals surface area contributed by atoms with Crippen molar-refractivity contribution in [2.45, 2.75) is 12.2 Å². The SMILES string of the molecule is COCCN(C[C@@H]1CN(C[C@@H](O)COc2ccc(F)cc2)CCO1)C(=O)c1ccccc1. The number of aliphatic hydroxyl groups excluding tert-OH is 1. The molecule has 32 heavy (non-hydrogen) atoms. The van der Waals surface area contributed by atoms with Crippen LogP contribution in [0.4, 0.5) is 4.39 Å². The van der Waals surface area contributed by atoms with Gasteiger partial charge in [-0.3, -0.25) is 9.69 Å². The number of amides is 1. The molecule has 1 saturated heterocycles. The average Bonchev–Trinajstić information content (AvgIpc) is 2.82. The molecule has 0 radical (unpaired) electrons. The highest BCUT2D eigenvalue weighted by Gasteiger charge is 2.26. The third-order valence-corrected chi connectivity index (χ3v) is 5.25. The van der Waals surface area contributed by atoms with Gasteiger partial charge in [0.15, 0.2) is 0 Å². The summed E-state index contributed by atoms with van der Waals surface area (Å²) < 4.78 is 29.6. The maximum absolute atomic E-state index is 13.0. The second kappa shape index (κ2) is 12.5. The van der Waals surface area contributed by atoms with Gasteiger partial charge in [0.25, 0.3) is 5.91 Å². The molecule has 1 heterocycles. The van der Waals surface area contributed by atoms with Gasteiger partial charge in [0.05, 0.1) is 19.3 Å². The molecule has 174 valence electrons. The summed E-state index contributed by atoms with van der Waals surface area (Å²) in [7, 11) is 1.61. The number of hydrogen-bond donors (Lipinski definition) is 1. The number of ether oxygens (including phenoxy) is 3. The highest BCUT2D eigenvalue weighted by atomic mass is 19.1. The van der Waals surface area contributed by atoms with E-state index in [1.165, 1.54) is 24.3 Å². The fourth-order valence-electron chi connectivity index (χ4n) is 3.62. The van der Waals surface area contributed by atoms with Crippen LogP contribution < -0.4 is 4.74 Å². The first-order valence-electron chi connectivity index (χ1n) is 10.8. The molecule has 1 N–H and O–H groups in total. The molecule has 1 fully saturated rings. The highest BCUT2D eigenvalue weighted by Crippen LogP contribution is 2.13. The van der Waals surface area contributed by atoms with Gasteiger partial charge in [0.2, 0.25) is 0 Å². The number of nitrogens with zero attached hydrogens (tertiary/aromatic N) is 2. The lowest BCUT2D eigenvalue weighted by Crippen LogP contribution is -2.51. The third-order valence-electron chi connectivity index (χ3n) is 5.25. The molecule has 7 nitrogen and oxygen atoms in total. The smallest absolute Gasteiger partial charge is 0.254 e. The second-order valence-electron chi connectivity index (χ2n) is 7.78. The maximum Gasteiger partial charge on any atom is 0.254 e. The van der Waals surface area contributed by atoms with Crippen molar-refractivity contribution in [3.05, 3.63) is 66.0 Å². The van der Waals surface area contributed by atoms with E-state index in [0.29, 0.717) is 57.3 Å². The number of morpholine rings is 1. The predicted octanol–water partition coefficient (Wildman–Crippen LogP) is 2.05. The molecule has 0 spiro atoms. The van der Waals surface area contributed by atoms with Crippen molar-refractivity contribution in [3.63, 3.8) is 0 Å². The van der Waals surface area contributed by atoms with E-state index >= 15 is 0 Å². The fourth-order valence-corrected chi connectivity index (χ4v) is 3.62. The van der Waals surface area contributed by atoms with Crippen LogP contribution in [-0.2, 0) is 9.47 Å². The van der Waals surface area contributed by atoms with Crippen LogP contribution in [0, 0.1) is 5.82 Å². The Morgan fingerprint density at radius 3 is 2.72 bits per heavy atom. The number of carbonyl (C=O) groups is 1. The minimum Gasteiger partial charge on any atom is -0.491 e. The van der Waals surface area contributed by atoms with Gasteiger partial charge >= 0.3 is 0 Å². The standard InChI is InChI=1S/C24H31FN2O5/c1-30-13-12-27(24(29)19-5-3-2-4-6-19)17-23-16-26(11-14-31-23)15-21(28)18-32-22-9-7-20(25)8-10-22/h2-10,21,23,28H,11-18H2,1H3/t21-,23+/m1/s1. The first-order chi connectivity index (χ1) is 15.5. The molecule has 0 saturated carbocycles. The Morgan fingerprint density at radius 2 is 2.00 bits per heavy atom. The first kappa shape index (κ1) is 24.1. The summed E-state index contributed by atoms with van der Waals surface area (Å²) >= 11 is 0. The number of rotatable bonds is 11. The first-order valence-corrected chi connectivity index (χ1v) is 10.8. The Morgan fingerprint density at radius 1 is 1.25 bits per heavy atom. The summed E-state index contributed by atoms with van der Waals surface area (Å²) in [5.74, 6) is 0.122. The van der Waals surface area contributed by atoms with E-state index in [9.17, 15) is 14.3 Å². The quantitative estimate of drug-likeness (QED) is 0.570. The van der Waals surface area contributed by atoms with E-state index < -0.39 is 6.10 Å². The molecule has 3 rings (SSSR count). The van der Waals surface area contributed by atoms with Gasteiger partial charge in [0, 0.05) is 45.4 Å². The molecule has 0 bridgehead atoms. The molecule has 1 aliphatic heterocycles. The Balaban J connectivity index is 1.50. The Hall–Kier alpha value is -2.52.